The van der Waals surface area contributed by atoms with Gasteiger partial charge in [-0.2, -0.15) is 4.31 Å². The molecule has 9 nitrogen and oxygen atoms in total. The molecule has 0 radical (unpaired) electrons. The summed E-state index contributed by atoms with van der Waals surface area (Å²) in [6.07, 6.45) is 2.47. The number of hydrogen-bond donors (Lipinski definition) is 0. The highest BCUT2D eigenvalue weighted by atomic mass is 32.2. The van der Waals surface area contributed by atoms with Crippen molar-refractivity contribution in [3.63, 3.8) is 0 Å². The third-order valence-electron chi connectivity index (χ3n) is 12.5. The fourth-order valence-electron chi connectivity index (χ4n) is 9.52. The number of aryl methyl sites for hydroxylation is 1. The summed E-state index contributed by atoms with van der Waals surface area (Å²) in [6.45, 7) is 19.5. The van der Waals surface area contributed by atoms with Gasteiger partial charge in [0.15, 0.2) is 0 Å². The molecule has 1 unspecified atom stereocenters. The summed E-state index contributed by atoms with van der Waals surface area (Å²) in [5.41, 5.74) is 6.32. The Bertz CT molecular complexity index is 1810. The van der Waals surface area contributed by atoms with Crippen molar-refractivity contribution in [3.8, 4) is 5.75 Å². The number of piperidine rings is 1. The smallest absolute Gasteiger partial charge is 0.243 e. The normalized spacial score (nSPS) is 21.4. The molecule has 2 heterocycles. The second-order valence-electron chi connectivity index (χ2n) is 17.1. The molecular weight excluding hydrogens is 741 g/mol. The fraction of sp³-hybridized carbons (Fsp3) is 0.600. The summed E-state index contributed by atoms with van der Waals surface area (Å²) < 4.78 is 62.9. The number of nitrogens with zero attached hydrogens (tertiary/aromatic N) is 2. The zero-order chi connectivity index (χ0) is 40.2. The first-order valence-electron chi connectivity index (χ1n) is 20.8. The largest absolute Gasteiger partial charge is 0.490 e. The number of ether oxygens (including phenoxy) is 4. The summed E-state index contributed by atoms with van der Waals surface area (Å²) in [5, 5.41) is 0. The van der Waals surface area contributed by atoms with E-state index in [4.69, 9.17) is 23.4 Å². The van der Waals surface area contributed by atoms with Crippen molar-refractivity contribution >= 4 is 24.0 Å². The van der Waals surface area contributed by atoms with E-state index in [1.165, 1.54) is 18.4 Å². The molecule has 0 N–H and O–H groups in total. The highest BCUT2D eigenvalue weighted by Gasteiger charge is 2.51. The molecule has 2 fully saturated rings. The Morgan fingerprint density at radius 2 is 1.52 bits per heavy atom. The first kappa shape index (κ1) is 42.8. The molecule has 2 aliphatic heterocycles. The summed E-state index contributed by atoms with van der Waals surface area (Å²) in [7, 11) is -2.82. The third-order valence-corrected chi connectivity index (χ3v) is 20.4. The lowest BCUT2D eigenvalue weighted by molar-refractivity contribution is -0.0505. The lowest BCUT2D eigenvalue weighted by Crippen LogP contribution is -2.59. The van der Waals surface area contributed by atoms with Crippen LogP contribution in [-0.4, -0.2) is 86.9 Å². The highest BCUT2D eigenvalue weighted by molar-refractivity contribution is 7.89. The molecule has 1 saturated heterocycles. The van der Waals surface area contributed by atoms with E-state index < -0.39 is 30.5 Å². The van der Waals surface area contributed by atoms with Crippen molar-refractivity contribution in [2.75, 3.05) is 58.5 Å². The van der Waals surface area contributed by atoms with Gasteiger partial charge in [0, 0.05) is 46.4 Å². The Morgan fingerprint density at radius 3 is 2.12 bits per heavy atom. The number of sulfonamides is 1. The quantitative estimate of drug-likeness (QED) is 0.0930. The van der Waals surface area contributed by atoms with Gasteiger partial charge in [-0.05, 0) is 89.7 Å². The van der Waals surface area contributed by atoms with E-state index in [9.17, 15) is 8.42 Å². The number of anilines is 1. The van der Waals surface area contributed by atoms with E-state index in [0.717, 1.165) is 47.6 Å². The molecule has 6 rings (SSSR count). The van der Waals surface area contributed by atoms with E-state index >= 15 is 0 Å². The Labute approximate surface area is 338 Å². The van der Waals surface area contributed by atoms with Gasteiger partial charge in [-0.3, -0.25) is 0 Å². The molecule has 4 atom stereocenters. The van der Waals surface area contributed by atoms with Gasteiger partial charge in [-0.1, -0.05) is 89.6 Å². The molecule has 0 spiro atoms. The fourth-order valence-corrected chi connectivity index (χ4v) is 16.5. The van der Waals surface area contributed by atoms with Crippen LogP contribution in [0.25, 0.3) is 0 Å². The molecular formula is C45H66N2O7SSi. The van der Waals surface area contributed by atoms with E-state index in [0.29, 0.717) is 42.4 Å². The third kappa shape index (κ3) is 9.25. The minimum absolute atomic E-state index is 0.0783. The Morgan fingerprint density at radius 1 is 0.857 bits per heavy atom. The van der Waals surface area contributed by atoms with Gasteiger partial charge in [0.2, 0.25) is 18.3 Å². The lowest BCUT2D eigenvalue weighted by Gasteiger charge is -2.50. The highest BCUT2D eigenvalue weighted by Crippen LogP contribution is 2.48. The monoisotopic (exact) mass is 806 g/mol. The minimum Gasteiger partial charge on any atom is -0.490 e. The summed E-state index contributed by atoms with van der Waals surface area (Å²) >= 11 is 0. The lowest BCUT2D eigenvalue weighted by atomic mass is 9.84. The first-order chi connectivity index (χ1) is 26.8. The number of benzene rings is 3. The second-order valence-corrected chi connectivity index (χ2v) is 24.5. The maximum absolute atomic E-state index is 14.6. The molecule has 3 aromatic rings. The second kappa shape index (κ2) is 18.4. The molecule has 3 aromatic carbocycles. The molecule has 1 aliphatic carbocycles. The van der Waals surface area contributed by atoms with Crippen LogP contribution in [0.4, 0.5) is 5.69 Å². The Balaban J connectivity index is 1.40. The molecule has 0 amide bonds. The van der Waals surface area contributed by atoms with Crippen LogP contribution in [0.5, 0.6) is 5.75 Å². The predicted octanol–water partition coefficient (Wildman–Crippen LogP) is 9.26. The molecule has 1 saturated carbocycles. The molecule has 56 heavy (non-hydrogen) atoms. The van der Waals surface area contributed by atoms with Crippen molar-refractivity contribution in [2.24, 2.45) is 5.92 Å². The van der Waals surface area contributed by atoms with Gasteiger partial charge in [0.1, 0.15) is 12.4 Å². The Hall–Kier alpha value is -2.77. The van der Waals surface area contributed by atoms with Crippen molar-refractivity contribution in [1.29, 1.82) is 0 Å². The number of methoxy groups -OCH3 is 2. The van der Waals surface area contributed by atoms with Crippen LogP contribution in [0.3, 0.4) is 0 Å². The first-order valence-corrected chi connectivity index (χ1v) is 24.4. The number of hydrogen-bond acceptors (Lipinski definition) is 8. The zero-order valence-electron chi connectivity index (χ0n) is 35.2. The molecule has 308 valence electrons. The molecule has 11 heteroatoms. The minimum atomic E-state index is -3.87. The van der Waals surface area contributed by atoms with Crippen molar-refractivity contribution in [3.05, 3.63) is 89.0 Å². The van der Waals surface area contributed by atoms with Gasteiger partial charge in [-0.25, -0.2) is 8.42 Å². The summed E-state index contributed by atoms with van der Waals surface area (Å²) in [5.74, 6) is 1.22. The van der Waals surface area contributed by atoms with Crippen LogP contribution in [0.15, 0.2) is 71.6 Å². The van der Waals surface area contributed by atoms with Gasteiger partial charge < -0.3 is 28.3 Å². The standard InChI is InChI=1S/C45H66N2O7SSi/c1-31(2)56(32(3)4,33(5)6)54-43-29-47(55(48,49)39-20-11-34(7)12-21-39)28-42(44(43)36-14-16-37(17-15-36)45(51-9)38-18-19-38)53-30-35-13-22-41-40(27-35)46(24-26-52-41)23-10-25-50-8/h11-17,20-22,27,31-33,38,42-45H,10,18-19,23-26,28-30H2,1-9H3/t42-,43+,44+,45?/m0/s1. The van der Waals surface area contributed by atoms with Gasteiger partial charge >= 0.3 is 0 Å². The van der Waals surface area contributed by atoms with Crippen molar-refractivity contribution < 1.29 is 31.8 Å². The number of fused-ring (bicyclic) bond motifs is 1. The predicted molar refractivity (Wildman–Crippen MR) is 227 cm³/mol. The maximum Gasteiger partial charge on any atom is 0.243 e. The van der Waals surface area contributed by atoms with Gasteiger partial charge in [0.25, 0.3) is 0 Å². The van der Waals surface area contributed by atoms with E-state index in [2.05, 4.69) is 82.8 Å². The van der Waals surface area contributed by atoms with Crippen molar-refractivity contribution in [2.45, 2.75) is 120 Å². The maximum atomic E-state index is 14.6. The van der Waals surface area contributed by atoms with E-state index in [1.807, 2.05) is 25.1 Å². The average molecular weight is 807 g/mol. The topological polar surface area (TPSA) is 86.8 Å². The van der Waals surface area contributed by atoms with Crippen LogP contribution >= 0.6 is 0 Å². The van der Waals surface area contributed by atoms with E-state index in [1.54, 1.807) is 30.7 Å². The van der Waals surface area contributed by atoms with E-state index in [-0.39, 0.29) is 30.0 Å². The average Bonchev–Trinajstić information content (AvgIpc) is 4.02. The van der Waals surface area contributed by atoms with Gasteiger partial charge in [-0.15, -0.1) is 0 Å². The van der Waals surface area contributed by atoms with Crippen molar-refractivity contribution in [1.82, 2.24) is 4.31 Å². The SMILES string of the molecule is COCCCN1CCOc2ccc(CO[C@H]3CN(S(=O)(=O)c4ccc(C)cc4)C[C@@H](O[Si](C(C)C)(C(C)C)C(C)C)[C@@H]3c3ccc(C(OC)C4CC4)cc3)cc21. The summed E-state index contributed by atoms with van der Waals surface area (Å²) in [6, 6.07) is 22.3. The van der Waals surface area contributed by atoms with Crippen LogP contribution in [-0.2, 0) is 35.3 Å². The Kier molecular flexibility index (Phi) is 14.1. The summed E-state index contributed by atoms with van der Waals surface area (Å²) in [4.78, 5) is 2.65. The van der Waals surface area contributed by atoms with Crippen LogP contribution in [0, 0.1) is 12.8 Å². The molecule has 3 aliphatic rings. The van der Waals surface area contributed by atoms with Crippen LogP contribution in [0.1, 0.15) is 95.1 Å². The number of rotatable bonds is 18. The van der Waals surface area contributed by atoms with Gasteiger partial charge in [0.05, 0.1) is 42.0 Å². The zero-order valence-corrected chi connectivity index (χ0v) is 37.0. The molecule has 0 bridgehead atoms. The molecule has 0 aromatic heterocycles. The van der Waals surface area contributed by atoms with Crippen LogP contribution in [0.2, 0.25) is 16.6 Å². The van der Waals surface area contributed by atoms with Crippen LogP contribution < -0.4 is 9.64 Å².